The Bertz CT molecular complexity index is 515. The molecule has 1 unspecified atom stereocenters. The highest BCUT2D eigenvalue weighted by Crippen LogP contribution is 2.30. The zero-order chi connectivity index (χ0) is 13.0. The number of thiophene rings is 1. The Morgan fingerprint density at radius 1 is 1.50 bits per heavy atom. The molecule has 0 aliphatic heterocycles. The van der Waals surface area contributed by atoms with E-state index < -0.39 is 0 Å². The highest BCUT2D eigenvalue weighted by atomic mass is 79.9. The van der Waals surface area contributed by atoms with E-state index in [2.05, 4.69) is 44.6 Å². The minimum Gasteiger partial charge on any atom is -0.310 e. The molecule has 0 radical (unpaired) electrons. The lowest BCUT2D eigenvalue weighted by Crippen LogP contribution is -2.23. The number of rotatable bonds is 5. The summed E-state index contributed by atoms with van der Waals surface area (Å²) >= 11 is 11.6. The Kier molecular flexibility index (Phi) is 5.18. The fourth-order valence-corrected chi connectivity index (χ4v) is 3.68. The van der Waals surface area contributed by atoms with E-state index in [9.17, 15) is 0 Å². The van der Waals surface area contributed by atoms with Gasteiger partial charge in [-0.15, -0.1) is 11.3 Å². The van der Waals surface area contributed by atoms with E-state index in [-0.39, 0.29) is 6.04 Å². The van der Waals surface area contributed by atoms with Crippen LogP contribution in [0.1, 0.15) is 23.4 Å². The van der Waals surface area contributed by atoms with Gasteiger partial charge in [0.1, 0.15) is 0 Å². The standard InChI is InChI=1S/C13H14BrClN2S/c1-2-17-12(7-13-10(14)4-6-18-13)9-3-5-16-8-11(9)15/h3-6,8,12,17H,2,7H2,1H3. The van der Waals surface area contributed by atoms with Gasteiger partial charge in [0.2, 0.25) is 0 Å². The largest absolute Gasteiger partial charge is 0.310 e. The molecular formula is C13H14BrClN2S. The minimum atomic E-state index is 0.223. The van der Waals surface area contributed by atoms with E-state index in [0.717, 1.165) is 23.6 Å². The van der Waals surface area contributed by atoms with Gasteiger partial charge in [-0.2, -0.15) is 0 Å². The third-order valence-corrected chi connectivity index (χ3v) is 4.97. The Hall–Kier alpha value is -0.420. The van der Waals surface area contributed by atoms with Gasteiger partial charge in [-0.3, -0.25) is 4.98 Å². The Balaban J connectivity index is 2.24. The molecule has 0 saturated heterocycles. The summed E-state index contributed by atoms with van der Waals surface area (Å²) < 4.78 is 1.17. The summed E-state index contributed by atoms with van der Waals surface area (Å²) in [5.74, 6) is 0. The van der Waals surface area contributed by atoms with Crippen molar-refractivity contribution in [2.24, 2.45) is 0 Å². The number of nitrogens with zero attached hydrogens (tertiary/aromatic N) is 1. The first-order valence-electron chi connectivity index (χ1n) is 5.77. The molecule has 96 valence electrons. The van der Waals surface area contributed by atoms with Crippen molar-refractivity contribution in [3.8, 4) is 0 Å². The zero-order valence-corrected chi connectivity index (χ0v) is 13.1. The van der Waals surface area contributed by atoms with Crippen molar-refractivity contribution < 1.29 is 0 Å². The van der Waals surface area contributed by atoms with Crippen LogP contribution in [0.2, 0.25) is 5.02 Å². The van der Waals surface area contributed by atoms with Gasteiger partial charge in [0.05, 0.1) is 5.02 Å². The molecule has 0 fully saturated rings. The van der Waals surface area contributed by atoms with E-state index in [4.69, 9.17) is 11.6 Å². The Morgan fingerprint density at radius 2 is 2.33 bits per heavy atom. The third-order valence-electron chi connectivity index (χ3n) is 2.71. The van der Waals surface area contributed by atoms with Gasteiger partial charge < -0.3 is 5.32 Å². The van der Waals surface area contributed by atoms with E-state index >= 15 is 0 Å². The Labute approximate surface area is 125 Å². The van der Waals surface area contributed by atoms with Crippen molar-refractivity contribution in [1.29, 1.82) is 0 Å². The molecular weight excluding hydrogens is 332 g/mol. The molecule has 0 aromatic carbocycles. The molecule has 2 aromatic rings. The summed E-state index contributed by atoms with van der Waals surface area (Å²) in [6, 6.07) is 4.29. The average Bonchev–Trinajstić information content (AvgIpc) is 2.75. The molecule has 2 aromatic heterocycles. The Morgan fingerprint density at radius 3 is 2.94 bits per heavy atom. The molecule has 1 atom stereocenters. The van der Waals surface area contributed by atoms with Crippen molar-refractivity contribution in [3.63, 3.8) is 0 Å². The van der Waals surface area contributed by atoms with Gasteiger partial charge in [0.15, 0.2) is 0 Å². The summed E-state index contributed by atoms with van der Waals surface area (Å²) in [7, 11) is 0. The van der Waals surface area contributed by atoms with Crippen LogP contribution in [0.3, 0.4) is 0 Å². The maximum absolute atomic E-state index is 6.22. The number of nitrogens with one attached hydrogen (secondary N) is 1. The quantitative estimate of drug-likeness (QED) is 0.866. The summed E-state index contributed by atoms with van der Waals surface area (Å²) in [4.78, 5) is 5.36. The maximum Gasteiger partial charge on any atom is 0.0637 e. The number of pyridine rings is 1. The fraction of sp³-hybridized carbons (Fsp3) is 0.308. The van der Waals surface area contributed by atoms with Crippen LogP contribution in [-0.4, -0.2) is 11.5 Å². The van der Waals surface area contributed by atoms with Crippen molar-refractivity contribution >= 4 is 38.9 Å². The number of halogens is 2. The van der Waals surface area contributed by atoms with Crippen LogP contribution in [0.4, 0.5) is 0 Å². The van der Waals surface area contributed by atoms with E-state index in [0.29, 0.717) is 0 Å². The third kappa shape index (κ3) is 3.32. The fourth-order valence-electron chi connectivity index (χ4n) is 1.86. The number of likely N-dealkylation sites (N-methyl/N-ethyl adjacent to an activating group) is 1. The van der Waals surface area contributed by atoms with E-state index in [1.54, 1.807) is 23.7 Å². The monoisotopic (exact) mass is 344 g/mol. The molecule has 0 bridgehead atoms. The highest BCUT2D eigenvalue weighted by molar-refractivity contribution is 9.10. The molecule has 5 heteroatoms. The number of hydrogen-bond acceptors (Lipinski definition) is 3. The molecule has 18 heavy (non-hydrogen) atoms. The van der Waals surface area contributed by atoms with Crippen LogP contribution < -0.4 is 5.32 Å². The SMILES string of the molecule is CCNC(Cc1sccc1Br)c1ccncc1Cl. The zero-order valence-electron chi connectivity index (χ0n) is 9.99. The second-order valence-corrected chi connectivity index (χ2v) is 6.17. The van der Waals surface area contributed by atoms with Crippen molar-refractivity contribution in [2.45, 2.75) is 19.4 Å². The predicted molar refractivity (Wildman–Crippen MR) is 81.4 cm³/mol. The molecule has 2 rings (SSSR count). The van der Waals surface area contributed by atoms with Crippen LogP contribution in [0.15, 0.2) is 34.4 Å². The van der Waals surface area contributed by atoms with E-state index in [1.807, 2.05) is 6.07 Å². The van der Waals surface area contributed by atoms with Crippen LogP contribution in [0.5, 0.6) is 0 Å². The first kappa shape index (κ1) is 14.0. The molecule has 0 aliphatic carbocycles. The molecule has 2 heterocycles. The molecule has 0 aliphatic rings. The lowest BCUT2D eigenvalue weighted by atomic mass is 10.0. The van der Waals surface area contributed by atoms with Crippen LogP contribution in [0, 0.1) is 0 Å². The topological polar surface area (TPSA) is 24.9 Å². The van der Waals surface area contributed by atoms with Crippen molar-refractivity contribution in [3.05, 3.63) is 49.8 Å². The number of aromatic nitrogens is 1. The summed E-state index contributed by atoms with van der Waals surface area (Å²) in [6.45, 7) is 3.01. The van der Waals surface area contributed by atoms with Gasteiger partial charge in [-0.05, 0) is 45.6 Å². The lowest BCUT2D eigenvalue weighted by molar-refractivity contribution is 0.552. The maximum atomic E-state index is 6.22. The van der Waals surface area contributed by atoms with Crippen molar-refractivity contribution in [1.82, 2.24) is 10.3 Å². The predicted octanol–water partition coefficient (Wildman–Crippen LogP) is 4.45. The first-order chi connectivity index (χ1) is 8.72. The normalized spacial score (nSPS) is 12.6. The lowest BCUT2D eigenvalue weighted by Gasteiger charge is -2.19. The van der Waals surface area contributed by atoms with E-state index in [1.165, 1.54) is 9.35 Å². The van der Waals surface area contributed by atoms with Gasteiger partial charge >= 0.3 is 0 Å². The summed E-state index contributed by atoms with van der Waals surface area (Å²) in [6.07, 6.45) is 4.41. The molecule has 0 spiro atoms. The second kappa shape index (κ2) is 6.66. The smallest absolute Gasteiger partial charge is 0.0637 e. The first-order valence-corrected chi connectivity index (χ1v) is 7.82. The molecule has 1 N–H and O–H groups in total. The van der Waals surface area contributed by atoms with Crippen molar-refractivity contribution in [2.75, 3.05) is 6.54 Å². The van der Waals surface area contributed by atoms with Crippen LogP contribution in [-0.2, 0) is 6.42 Å². The van der Waals surface area contributed by atoms with Gasteiger partial charge in [-0.1, -0.05) is 18.5 Å². The second-order valence-electron chi connectivity index (χ2n) is 3.90. The minimum absolute atomic E-state index is 0.223. The molecule has 0 amide bonds. The van der Waals surface area contributed by atoms with Gasteiger partial charge in [0.25, 0.3) is 0 Å². The average molecular weight is 346 g/mol. The van der Waals surface area contributed by atoms with Gasteiger partial charge in [0, 0.05) is 34.2 Å². The van der Waals surface area contributed by atoms with Crippen LogP contribution >= 0.6 is 38.9 Å². The van der Waals surface area contributed by atoms with Crippen LogP contribution in [0.25, 0.3) is 0 Å². The summed E-state index contributed by atoms with van der Waals surface area (Å²) in [5, 5.41) is 6.29. The number of hydrogen-bond donors (Lipinski definition) is 1. The molecule has 2 nitrogen and oxygen atoms in total. The van der Waals surface area contributed by atoms with Gasteiger partial charge in [-0.25, -0.2) is 0 Å². The summed E-state index contributed by atoms with van der Waals surface area (Å²) in [5.41, 5.74) is 1.11. The molecule has 0 saturated carbocycles. The highest BCUT2D eigenvalue weighted by Gasteiger charge is 2.16.